The van der Waals surface area contributed by atoms with E-state index >= 15 is 0 Å². The number of nitrogens with zero attached hydrogens (tertiary/aromatic N) is 1. The molecule has 4 heteroatoms. The van der Waals surface area contributed by atoms with Crippen LogP contribution in [0, 0.1) is 5.41 Å². The van der Waals surface area contributed by atoms with Gasteiger partial charge in [-0.2, -0.15) is 0 Å². The zero-order chi connectivity index (χ0) is 14.9. The van der Waals surface area contributed by atoms with Crippen LogP contribution in [-0.4, -0.2) is 25.3 Å². The first-order valence-electron chi connectivity index (χ1n) is 7.84. The van der Waals surface area contributed by atoms with Gasteiger partial charge in [-0.05, 0) is 42.9 Å². The van der Waals surface area contributed by atoms with E-state index in [9.17, 15) is 4.79 Å². The highest BCUT2D eigenvalue weighted by molar-refractivity contribution is 5.89. The average molecular weight is 288 g/mol. The van der Waals surface area contributed by atoms with Crippen molar-refractivity contribution in [3.63, 3.8) is 0 Å². The molecule has 1 heterocycles. The quantitative estimate of drug-likeness (QED) is 0.913. The lowest BCUT2D eigenvalue weighted by Gasteiger charge is -2.36. The Hall–Kier alpha value is -1.71. The molecule has 1 amide bonds. The maximum Gasteiger partial charge on any atom is 0.414 e. The molecular formula is C17H24N2O2. The summed E-state index contributed by atoms with van der Waals surface area (Å²) < 4.78 is 5.00. The Morgan fingerprint density at radius 2 is 2.24 bits per heavy atom. The molecule has 114 valence electrons. The predicted molar refractivity (Wildman–Crippen MR) is 84.8 cm³/mol. The van der Waals surface area contributed by atoms with Crippen LogP contribution in [0.25, 0.3) is 0 Å². The minimum Gasteiger partial charge on any atom is -0.447 e. The van der Waals surface area contributed by atoms with E-state index in [-0.39, 0.29) is 6.09 Å². The molecule has 1 atom stereocenters. The van der Waals surface area contributed by atoms with Gasteiger partial charge < -0.3 is 10.1 Å². The van der Waals surface area contributed by atoms with Crippen LogP contribution in [0.2, 0.25) is 0 Å². The van der Waals surface area contributed by atoms with E-state index < -0.39 is 0 Å². The predicted octanol–water partition coefficient (Wildman–Crippen LogP) is 4.02. The summed E-state index contributed by atoms with van der Waals surface area (Å²) >= 11 is 0. The number of nitrogens with one attached hydrogen (secondary N) is 1. The average Bonchev–Trinajstić information content (AvgIpc) is 2.84. The second kappa shape index (κ2) is 5.58. The number of amides is 1. The second-order valence-corrected chi connectivity index (χ2v) is 6.92. The largest absolute Gasteiger partial charge is 0.447 e. The first-order chi connectivity index (χ1) is 10.0. The third kappa shape index (κ3) is 3.31. The van der Waals surface area contributed by atoms with Crippen molar-refractivity contribution in [2.75, 3.05) is 23.4 Å². The molecule has 0 aromatic heterocycles. The highest BCUT2D eigenvalue weighted by Crippen LogP contribution is 2.36. The van der Waals surface area contributed by atoms with Gasteiger partial charge in [-0.3, -0.25) is 4.90 Å². The molecule has 1 aliphatic carbocycles. The lowest BCUT2D eigenvalue weighted by molar-refractivity contribution is 0.181. The van der Waals surface area contributed by atoms with Crippen LogP contribution >= 0.6 is 0 Å². The summed E-state index contributed by atoms with van der Waals surface area (Å²) in [5.74, 6) is 0. The van der Waals surface area contributed by atoms with E-state index in [1.807, 2.05) is 18.2 Å². The van der Waals surface area contributed by atoms with Gasteiger partial charge in [0.05, 0.1) is 6.54 Å². The minimum atomic E-state index is -0.244. The molecule has 1 aromatic carbocycles. The normalized spacial score (nSPS) is 24.8. The molecule has 1 N–H and O–H groups in total. The van der Waals surface area contributed by atoms with Crippen molar-refractivity contribution < 1.29 is 9.53 Å². The van der Waals surface area contributed by atoms with Crippen molar-refractivity contribution in [2.45, 2.75) is 45.6 Å². The summed E-state index contributed by atoms with van der Waals surface area (Å²) in [7, 11) is 0. The Labute approximate surface area is 126 Å². The van der Waals surface area contributed by atoms with Crippen molar-refractivity contribution in [2.24, 2.45) is 5.41 Å². The molecule has 1 saturated heterocycles. The Bertz CT molecular complexity index is 527. The Kier molecular flexibility index (Phi) is 3.79. The van der Waals surface area contributed by atoms with Crippen molar-refractivity contribution >= 4 is 17.5 Å². The lowest BCUT2D eigenvalue weighted by atomic mass is 9.75. The van der Waals surface area contributed by atoms with E-state index in [2.05, 4.69) is 25.2 Å². The van der Waals surface area contributed by atoms with Crippen molar-refractivity contribution in [3.8, 4) is 0 Å². The minimum absolute atomic E-state index is 0.244. The van der Waals surface area contributed by atoms with Crippen LogP contribution < -0.4 is 10.2 Å². The van der Waals surface area contributed by atoms with Crippen LogP contribution in [0.5, 0.6) is 0 Å². The fourth-order valence-corrected chi connectivity index (χ4v) is 3.45. The Balaban J connectivity index is 1.70. The molecule has 0 spiro atoms. The molecule has 1 unspecified atom stereocenters. The standard InChI is InChI=1S/C17H24N2O2/c1-17(2)8-4-6-14(12-17)18-13-5-3-7-15(11-13)19-9-10-21-16(19)20/h3,5,7,11,14,18H,4,6,8-10,12H2,1-2H3. The number of benzene rings is 1. The van der Waals surface area contributed by atoms with E-state index in [4.69, 9.17) is 4.74 Å². The SMILES string of the molecule is CC1(C)CCCC(Nc2cccc(N3CCOC3=O)c2)C1. The topological polar surface area (TPSA) is 41.6 Å². The monoisotopic (exact) mass is 288 g/mol. The molecular weight excluding hydrogens is 264 g/mol. The molecule has 2 aliphatic rings. The number of rotatable bonds is 3. The zero-order valence-corrected chi connectivity index (χ0v) is 12.9. The third-order valence-electron chi connectivity index (χ3n) is 4.49. The number of ether oxygens (including phenoxy) is 1. The van der Waals surface area contributed by atoms with Gasteiger partial charge in [0, 0.05) is 17.4 Å². The third-order valence-corrected chi connectivity index (χ3v) is 4.49. The molecule has 3 rings (SSSR count). The van der Waals surface area contributed by atoms with E-state index in [0.717, 1.165) is 11.4 Å². The molecule has 21 heavy (non-hydrogen) atoms. The molecule has 4 nitrogen and oxygen atoms in total. The summed E-state index contributed by atoms with van der Waals surface area (Å²) in [6.07, 6.45) is 4.77. The van der Waals surface area contributed by atoms with Crippen molar-refractivity contribution in [3.05, 3.63) is 24.3 Å². The van der Waals surface area contributed by atoms with Crippen LogP contribution in [0.1, 0.15) is 39.5 Å². The molecule has 1 aromatic rings. The summed E-state index contributed by atoms with van der Waals surface area (Å²) in [5.41, 5.74) is 2.43. The fraction of sp³-hybridized carbons (Fsp3) is 0.588. The van der Waals surface area contributed by atoms with Crippen LogP contribution in [-0.2, 0) is 4.74 Å². The number of cyclic esters (lactones) is 1. The summed E-state index contributed by atoms with van der Waals surface area (Å²) in [4.78, 5) is 13.3. The maximum absolute atomic E-state index is 11.6. The van der Waals surface area contributed by atoms with E-state index in [0.29, 0.717) is 24.6 Å². The van der Waals surface area contributed by atoms with Gasteiger partial charge in [0.1, 0.15) is 6.61 Å². The first kappa shape index (κ1) is 14.2. The molecule has 1 saturated carbocycles. The number of anilines is 2. The van der Waals surface area contributed by atoms with Gasteiger partial charge in [-0.15, -0.1) is 0 Å². The Morgan fingerprint density at radius 3 is 2.95 bits per heavy atom. The van der Waals surface area contributed by atoms with Crippen molar-refractivity contribution in [1.82, 2.24) is 0 Å². The van der Waals surface area contributed by atoms with Crippen LogP contribution in [0.3, 0.4) is 0 Å². The summed E-state index contributed by atoms with van der Waals surface area (Å²) in [6, 6.07) is 8.61. The van der Waals surface area contributed by atoms with Gasteiger partial charge in [0.25, 0.3) is 0 Å². The highest BCUT2D eigenvalue weighted by atomic mass is 16.6. The maximum atomic E-state index is 11.6. The lowest BCUT2D eigenvalue weighted by Crippen LogP contribution is -2.31. The van der Waals surface area contributed by atoms with Gasteiger partial charge in [-0.25, -0.2) is 4.79 Å². The number of carbonyl (C=O) groups is 1. The second-order valence-electron chi connectivity index (χ2n) is 6.92. The summed E-state index contributed by atoms with van der Waals surface area (Å²) in [6.45, 7) is 5.81. The first-order valence-corrected chi connectivity index (χ1v) is 7.84. The van der Waals surface area contributed by atoms with E-state index in [1.165, 1.54) is 25.7 Å². The van der Waals surface area contributed by atoms with Gasteiger partial charge in [-0.1, -0.05) is 26.3 Å². The van der Waals surface area contributed by atoms with Gasteiger partial charge in [0.2, 0.25) is 0 Å². The number of hydrogen-bond acceptors (Lipinski definition) is 3. The van der Waals surface area contributed by atoms with Crippen LogP contribution in [0.15, 0.2) is 24.3 Å². The van der Waals surface area contributed by atoms with Gasteiger partial charge in [0.15, 0.2) is 0 Å². The smallest absolute Gasteiger partial charge is 0.414 e. The zero-order valence-electron chi connectivity index (χ0n) is 12.9. The Morgan fingerprint density at radius 1 is 1.38 bits per heavy atom. The molecule has 0 radical (unpaired) electrons. The number of hydrogen-bond donors (Lipinski definition) is 1. The van der Waals surface area contributed by atoms with Crippen LogP contribution in [0.4, 0.5) is 16.2 Å². The molecule has 1 aliphatic heterocycles. The van der Waals surface area contributed by atoms with Gasteiger partial charge >= 0.3 is 6.09 Å². The number of carbonyl (C=O) groups excluding carboxylic acids is 1. The molecule has 0 bridgehead atoms. The van der Waals surface area contributed by atoms with E-state index in [1.54, 1.807) is 4.90 Å². The summed E-state index contributed by atoms with van der Waals surface area (Å²) in [5, 5.41) is 3.64. The molecule has 2 fully saturated rings. The van der Waals surface area contributed by atoms with Crippen molar-refractivity contribution in [1.29, 1.82) is 0 Å². The fourth-order valence-electron chi connectivity index (χ4n) is 3.45. The highest BCUT2D eigenvalue weighted by Gasteiger charge is 2.28.